The molecule has 140 valence electrons. The number of aromatic nitrogens is 1. The maximum Gasteiger partial charge on any atom is 0.253 e. The van der Waals surface area contributed by atoms with E-state index >= 15 is 0 Å². The third kappa shape index (κ3) is 3.45. The smallest absolute Gasteiger partial charge is 0.253 e. The lowest BCUT2D eigenvalue weighted by molar-refractivity contribution is 0.0802. The van der Waals surface area contributed by atoms with Crippen molar-refractivity contribution in [2.24, 2.45) is 0 Å². The number of thiazole rings is 1. The van der Waals surface area contributed by atoms with Gasteiger partial charge in [-0.25, -0.2) is 4.98 Å². The van der Waals surface area contributed by atoms with Crippen LogP contribution in [0.4, 0.5) is 5.13 Å². The summed E-state index contributed by atoms with van der Waals surface area (Å²) < 4.78 is 1.11. The molecule has 26 heavy (non-hydrogen) atoms. The highest BCUT2D eigenvalue weighted by molar-refractivity contribution is 7.22. The number of carbonyl (C=O) groups excluding carboxylic acids is 1. The number of benzene rings is 1. The molecule has 2 aliphatic rings. The molecular weight excluding hydrogens is 344 g/mol. The summed E-state index contributed by atoms with van der Waals surface area (Å²) >= 11 is 1.72. The van der Waals surface area contributed by atoms with E-state index in [1.54, 1.807) is 16.2 Å². The van der Waals surface area contributed by atoms with E-state index in [-0.39, 0.29) is 5.91 Å². The number of anilines is 1. The van der Waals surface area contributed by atoms with E-state index in [1.165, 1.54) is 38.8 Å². The molecule has 1 amide bonds. The molecule has 2 aromatic rings. The second-order valence-electron chi connectivity index (χ2n) is 7.48. The Bertz CT molecular complexity index is 783. The molecule has 0 saturated carbocycles. The van der Waals surface area contributed by atoms with Crippen molar-refractivity contribution in [3.05, 3.63) is 23.8 Å². The molecule has 0 aliphatic carbocycles. The minimum absolute atomic E-state index is 0.0793. The second kappa shape index (κ2) is 7.53. The lowest BCUT2D eigenvalue weighted by Gasteiger charge is -2.32. The first-order valence-corrected chi connectivity index (χ1v) is 10.6. The Morgan fingerprint density at radius 1 is 1.27 bits per heavy atom. The summed E-state index contributed by atoms with van der Waals surface area (Å²) in [6.45, 7) is 7.41. The third-order valence-corrected chi connectivity index (χ3v) is 6.87. The zero-order valence-corrected chi connectivity index (χ0v) is 16.6. The van der Waals surface area contributed by atoms with E-state index in [9.17, 15) is 4.79 Å². The summed E-state index contributed by atoms with van der Waals surface area (Å²) in [6.07, 6.45) is 5.32. The Morgan fingerprint density at radius 2 is 2.08 bits per heavy atom. The molecule has 0 radical (unpaired) electrons. The molecule has 2 aliphatic heterocycles. The van der Waals surface area contributed by atoms with Gasteiger partial charge in [0.2, 0.25) is 0 Å². The Morgan fingerprint density at radius 3 is 2.85 bits per heavy atom. The van der Waals surface area contributed by atoms with E-state index in [0.717, 1.165) is 40.5 Å². The van der Waals surface area contributed by atoms with Gasteiger partial charge in [0.25, 0.3) is 5.91 Å². The first-order valence-electron chi connectivity index (χ1n) is 9.80. The standard InChI is InChI=1S/C20H28N4OS/c1-3-22(2)19(25)15-7-8-17-18(13-15)26-20(21-17)24-12-9-16(14-24)23-10-5-4-6-11-23/h7-8,13,16H,3-6,9-12,14H2,1-2H3/t16-/m1/s1. The Labute approximate surface area is 159 Å². The first-order chi connectivity index (χ1) is 12.7. The molecule has 0 N–H and O–H groups in total. The normalized spacial score (nSPS) is 21.5. The highest BCUT2D eigenvalue weighted by Gasteiger charge is 2.30. The predicted molar refractivity (Wildman–Crippen MR) is 108 cm³/mol. The van der Waals surface area contributed by atoms with Crippen LogP contribution < -0.4 is 4.90 Å². The number of rotatable bonds is 4. The van der Waals surface area contributed by atoms with Gasteiger partial charge in [0, 0.05) is 38.3 Å². The van der Waals surface area contributed by atoms with Gasteiger partial charge in [0.05, 0.1) is 10.2 Å². The molecule has 2 saturated heterocycles. The van der Waals surface area contributed by atoms with E-state index in [2.05, 4.69) is 9.80 Å². The topological polar surface area (TPSA) is 39.7 Å². The number of carbonyl (C=O) groups is 1. The van der Waals surface area contributed by atoms with Gasteiger partial charge in [-0.15, -0.1) is 0 Å². The third-order valence-electron chi connectivity index (χ3n) is 5.79. The van der Waals surface area contributed by atoms with Crippen LogP contribution in [0.2, 0.25) is 0 Å². The minimum atomic E-state index is 0.0793. The van der Waals surface area contributed by atoms with Gasteiger partial charge in [0.1, 0.15) is 0 Å². The summed E-state index contributed by atoms with van der Waals surface area (Å²) in [5, 5.41) is 1.10. The zero-order chi connectivity index (χ0) is 18.1. The number of likely N-dealkylation sites (tertiary alicyclic amines) is 1. The Balaban J connectivity index is 1.50. The predicted octanol–water partition coefficient (Wildman–Crippen LogP) is 3.45. The number of hydrogen-bond donors (Lipinski definition) is 0. The van der Waals surface area contributed by atoms with Crippen LogP contribution in [0.5, 0.6) is 0 Å². The van der Waals surface area contributed by atoms with E-state index < -0.39 is 0 Å². The van der Waals surface area contributed by atoms with Crippen molar-refractivity contribution in [2.45, 2.75) is 38.6 Å². The van der Waals surface area contributed by atoms with E-state index in [4.69, 9.17) is 4.98 Å². The number of amides is 1. The number of hydrogen-bond acceptors (Lipinski definition) is 5. The van der Waals surface area contributed by atoms with Gasteiger partial charge >= 0.3 is 0 Å². The van der Waals surface area contributed by atoms with Gasteiger partial charge in [-0.3, -0.25) is 9.69 Å². The van der Waals surface area contributed by atoms with Gasteiger partial charge in [-0.05, 0) is 57.5 Å². The maximum atomic E-state index is 12.4. The molecule has 1 atom stereocenters. The highest BCUT2D eigenvalue weighted by atomic mass is 32.1. The van der Waals surface area contributed by atoms with Crippen LogP contribution >= 0.6 is 11.3 Å². The van der Waals surface area contributed by atoms with Crippen molar-refractivity contribution in [2.75, 3.05) is 44.7 Å². The fourth-order valence-corrected chi connectivity index (χ4v) is 5.08. The van der Waals surface area contributed by atoms with Crippen LogP contribution in [0.3, 0.4) is 0 Å². The van der Waals surface area contributed by atoms with E-state index in [0.29, 0.717) is 6.04 Å². The molecular formula is C20H28N4OS. The molecule has 3 heterocycles. The Kier molecular flexibility index (Phi) is 5.14. The van der Waals surface area contributed by atoms with Crippen LogP contribution in [0, 0.1) is 0 Å². The second-order valence-corrected chi connectivity index (χ2v) is 8.49. The first kappa shape index (κ1) is 17.7. The molecule has 1 aromatic carbocycles. The van der Waals surface area contributed by atoms with Gasteiger partial charge in [-0.2, -0.15) is 0 Å². The summed E-state index contributed by atoms with van der Waals surface area (Å²) in [5.74, 6) is 0.0793. The quantitative estimate of drug-likeness (QED) is 0.824. The average molecular weight is 373 g/mol. The monoisotopic (exact) mass is 372 g/mol. The summed E-state index contributed by atoms with van der Waals surface area (Å²) in [5.41, 5.74) is 1.76. The van der Waals surface area contributed by atoms with Gasteiger partial charge in [0.15, 0.2) is 5.13 Å². The number of nitrogens with zero attached hydrogens (tertiary/aromatic N) is 4. The van der Waals surface area contributed by atoms with Gasteiger partial charge in [-0.1, -0.05) is 17.8 Å². The Hall–Kier alpha value is -1.66. The molecule has 2 fully saturated rings. The van der Waals surface area contributed by atoms with Crippen molar-refractivity contribution in [3.8, 4) is 0 Å². The largest absolute Gasteiger partial charge is 0.346 e. The zero-order valence-electron chi connectivity index (χ0n) is 15.8. The summed E-state index contributed by atoms with van der Waals surface area (Å²) in [7, 11) is 1.84. The average Bonchev–Trinajstić information content (AvgIpc) is 3.33. The molecule has 5 nitrogen and oxygen atoms in total. The van der Waals surface area contributed by atoms with Crippen LogP contribution in [0.15, 0.2) is 18.2 Å². The van der Waals surface area contributed by atoms with Crippen LogP contribution in [-0.4, -0.2) is 66.5 Å². The fraction of sp³-hybridized carbons (Fsp3) is 0.600. The van der Waals surface area contributed by atoms with Crippen molar-refractivity contribution in [1.29, 1.82) is 0 Å². The minimum Gasteiger partial charge on any atom is -0.346 e. The SMILES string of the molecule is CCN(C)C(=O)c1ccc2nc(N3CC[C@@H](N4CCCCC4)C3)sc2c1. The van der Waals surface area contributed by atoms with Crippen molar-refractivity contribution < 1.29 is 4.79 Å². The fourth-order valence-electron chi connectivity index (χ4n) is 4.04. The summed E-state index contributed by atoms with van der Waals surface area (Å²) in [4.78, 5) is 24.1. The number of fused-ring (bicyclic) bond motifs is 1. The molecule has 0 spiro atoms. The molecule has 1 aromatic heterocycles. The van der Waals surface area contributed by atoms with Crippen molar-refractivity contribution >= 4 is 32.6 Å². The van der Waals surface area contributed by atoms with Crippen LogP contribution in [-0.2, 0) is 0 Å². The maximum absolute atomic E-state index is 12.4. The van der Waals surface area contributed by atoms with Crippen LogP contribution in [0.1, 0.15) is 43.0 Å². The van der Waals surface area contributed by atoms with Gasteiger partial charge < -0.3 is 9.80 Å². The van der Waals surface area contributed by atoms with Crippen molar-refractivity contribution in [1.82, 2.24) is 14.8 Å². The van der Waals surface area contributed by atoms with E-state index in [1.807, 2.05) is 32.2 Å². The van der Waals surface area contributed by atoms with Crippen molar-refractivity contribution in [3.63, 3.8) is 0 Å². The lowest BCUT2D eigenvalue weighted by atomic mass is 10.1. The molecule has 6 heteroatoms. The van der Waals surface area contributed by atoms with Crippen LogP contribution in [0.25, 0.3) is 10.2 Å². The molecule has 0 unspecified atom stereocenters. The molecule has 0 bridgehead atoms. The number of piperidine rings is 1. The lowest BCUT2D eigenvalue weighted by Crippen LogP contribution is -2.40. The molecule has 4 rings (SSSR count). The highest BCUT2D eigenvalue weighted by Crippen LogP contribution is 2.33. The summed E-state index contributed by atoms with van der Waals surface area (Å²) in [6, 6.07) is 6.58.